The predicted octanol–water partition coefficient (Wildman–Crippen LogP) is 3.71. The highest BCUT2D eigenvalue weighted by atomic mass is 19.1. The van der Waals surface area contributed by atoms with Gasteiger partial charge in [0.1, 0.15) is 5.82 Å². The molecule has 0 radical (unpaired) electrons. The number of nitrogens with zero attached hydrogens (tertiary/aromatic N) is 1. The number of carboxylic acid groups (broad SMARTS) is 1. The van der Waals surface area contributed by atoms with Gasteiger partial charge in [0.2, 0.25) is 0 Å². The first-order chi connectivity index (χ1) is 8.99. The molecule has 0 bridgehead atoms. The lowest BCUT2D eigenvalue weighted by Gasteiger charge is -2.10. The van der Waals surface area contributed by atoms with Gasteiger partial charge in [-0.2, -0.15) is 0 Å². The molecule has 2 aromatic rings. The van der Waals surface area contributed by atoms with E-state index in [-0.39, 0.29) is 17.3 Å². The van der Waals surface area contributed by atoms with Crippen LogP contribution in [0.4, 0.5) is 4.39 Å². The molecular formula is C15H14FNO2. The molecule has 0 fully saturated rings. The van der Waals surface area contributed by atoms with Crippen molar-refractivity contribution in [1.82, 2.24) is 4.98 Å². The fourth-order valence-electron chi connectivity index (χ4n) is 1.93. The average Bonchev–Trinajstić information content (AvgIpc) is 2.37. The summed E-state index contributed by atoms with van der Waals surface area (Å²) in [6.07, 6.45) is 1.58. The van der Waals surface area contributed by atoms with Crippen LogP contribution in [0.1, 0.15) is 35.8 Å². The maximum atomic E-state index is 13.2. The molecule has 19 heavy (non-hydrogen) atoms. The van der Waals surface area contributed by atoms with Gasteiger partial charge in [-0.1, -0.05) is 26.0 Å². The Morgan fingerprint density at radius 3 is 2.58 bits per heavy atom. The van der Waals surface area contributed by atoms with E-state index in [2.05, 4.69) is 4.98 Å². The molecule has 98 valence electrons. The first kappa shape index (κ1) is 13.2. The maximum Gasteiger partial charge on any atom is 0.337 e. The molecular weight excluding hydrogens is 245 g/mol. The largest absolute Gasteiger partial charge is 0.478 e. The van der Waals surface area contributed by atoms with Crippen molar-refractivity contribution in [1.29, 1.82) is 0 Å². The normalized spacial score (nSPS) is 10.7. The number of carbonyl (C=O) groups is 1. The zero-order valence-electron chi connectivity index (χ0n) is 10.7. The topological polar surface area (TPSA) is 50.2 Å². The second kappa shape index (κ2) is 5.18. The van der Waals surface area contributed by atoms with Crippen LogP contribution >= 0.6 is 0 Å². The Labute approximate surface area is 110 Å². The molecule has 0 aliphatic heterocycles. The zero-order valence-corrected chi connectivity index (χ0v) is 10.7. The molecule has 1 aromatic heterocycles. The number of benzene rings is 1. The van der Waals surface area contributed by atoms with E-state index in [1.54, 1.807) is 24.4 Å². The summed E-state index contributed by atoms with van der Waals surface area (Å²) in [4.78, 5) is 15.5. The molecule has 0 saturated heterocycles. The van der Waals surface area contributed by atoms with Gasteiger partial charge in [-0.05, 0) is 29.7 Å². The van der Waals surface area contributed by atoms with Crippen molar-refractivity contribution >= 4 is 5.97 Å². The lowest BCUT2D eigenvalue weighted by molar-refractivity contribution is 0.0694. The molecule has 1 heterocycles. The SMILES string of the molecule is CC(C)c1ncc(-c2cccc(F)c2)cc1C(=O)O. The third-order valence-electron chi connectivity index (χ3n) is 2.85. The molecule has 0 saturated carbocycles. The van der Waals surface area contributed by atoms with Crippen LogP contribution in [0.2, 0.25) is 0 Å². The summed E-state index contributed by atoms with van der Waals surface area (Å²) in [7, 11) is 0. The molecule has 0 unspecified atom stereocenters. The summed E-state index contributed by atoms with van der Waals surface area (Å²) in [5.74, 6) is -1.36. The molecule has 0 aliphatic carbocycles. The van der Waals surface area contributed by atoms with E-state index < -0.39 is 5.97 Å². The number of pyridine rings is 1. The molecule has 4 heteroatoms. The van der Waals surface area contributed by atoms with Crippen molar-refractivity contribution in [2.45, 2.75) is 19.8 Å². The smallest absolute Gasteiger partial charge is 0.337 e. The van der Waals surface area contributed by atoms with Gasteiger partial charge in [0.25, 0.3) is 0 Å². The molecule has 0 amide bonds. The van der Waals surface area contributed by atoms with Gasteiger partial charge in [-0.25, -0.2) is 9.18 Å². The Morgan fingerprint density at radius 2 is 2.00 bits per heavy atom. The van der Waals surface area contributed by atoms with Gasteiger partial charge in [0.05, 0.1) is 11.3 Å². The summed E-state index contributed by atoms with van der Waals surface area (Å²) in [6, 6.07) is 7.55. The Hall–Kier alpha value is -2.23. The zero-order chi connectivity index (χ0) is 14.0. The number of rotatable bonds is 3. The van der Waals surface area contributed by atoms with Crippen molar-refractivity contribution in [3.63, 3.8) is 0 Å². The molecule has 1 aromatic carbocycles. The van der Waals surface area contributed by atoms with Crippen LogP contribution in [0.5, 0.6) is 0 Å². The van der Waals surface area contributed by atoms with Gasteiger partial charge >= 0.3 is 5.97 Å². The van der Waals surface area contributed by atoms with E-state index >= 15 is 0 Å². The first-order valence-corrected chi connectivity index (χ1v) is 5.98. The number of aromatic nitrogens is 1. The van der Waals surface area contributed by atoms with Crippen molar-refractivity contribution in [2.75, 3.05) is 0 Å². The van der Waals surface area contributed by atoms with Crippen molar-refractivity contribution in [2.24, 2.45) is 0 Å². The quantitative estimate of drug-likeness (QED) is 0.914. The molecule has 3 nitrogen and oxygen atoms in total. The number of carboxylic acids is 1. The minimum absolute atomic E-state index is 0.0210. The van der Waals surface area contributed by atoms with Crippen LogP contribution in [-0.2, 0) is 0 Å². The van der Waals surface area contributed by atoms with Gasteiger partial charge < -0.3 is 5.11 Å². The highest BCUT2D eigenvalue weighted by Crippen LogP contribution is 2.25. The Balaban J connectivity index is 2.55. The third kappa shape index (κ3) is 2.78. The van der Waals surface area contributed by atoms with Crippen LogP contribution < -0.4 is 0 Å². The summed E-state index contributed by atoms with van der Waals surface area (Å²) in [6.45, 7) is 3.77. The van der Waals surface area contributed by atoms with Gasteiger partial charge in [0.15, 0.2) is 0 Å². The molecule has 0 aliphatic rings. The van der Waals surface area contributed by atoms with E-state index in [1.165, 1.54) is 12.1 Å². The van der Waals surface area contributed by atoms with Crippen LogP contribution in [0.15, 0.2) is 36.5 Å². The van der Waals surface area contributed by atoms with Crippen LogP contribution in [-0.4, -0.2) is 16.1 Å². The highest BCUT2D eigenvalue weighted by molar-refractivity contribution is 5.90. The summed E-state index contributed by atoms with van der Waals surface area (Å²) in [5, 5.41) is 9.23. The van der Waals surface area contributed by atoms with E-state index in [1.807, 2.05) is 13.8 Å². The average molecular weight is 259 g/mol. The Morgan fingerprint density at radius 1 is 1.26 bits per heavy atom. The Kier molecular flexibility index (Phi) is 3.60. The van der Waals surface area contributed by atoms with Gasteiger partial charge in [-0.3, -0.25) is 4.98 Å². The van der Waals surface area contributed by atoms with Crippen molar-refractivity contribution < 1.29 is 14.3 Å². The minimum atomic E-state index is -1.02. The standard InChI is InChI=1S/C15H14FNO2/c1-9(2)14-13(15(18)19)7-11(8-17-14)10-4-3-5-12(16)6-10/h3-9H,1-2H3,(H,18,19). The van der Waals surface area contributed by atoms with Gasteiger partial charge in [0, 0.05) is 11.8 Å². The summed E-state index contributed by atoms with van der Waals surface area (Å²) in [5.41, 5.74) is 1.91. The highest BCUT2D eigenvalue weighted by Gasteiger charge is 2.15. The summed E-state index contributed by atoms with van der Waals surface area (Å²) < 4.78 is 13.2. The Bertz CT molecular complexity index is 623. The number of hydrogen-bond donors (Lipinski definition) is 1. The number of halogens is 1. The fraction of sp³-hybridized carbons (Fsp3) is 0.200. The van der Waals surface area contributed by atoms with Crippen molar-refractivity contribution in [3.05, 3.63) is 53.6 Å². The molecule has 1 N–H and O–H groups in total. The fourth-order valence-corrected chi connectivity index (χ4v) is 1.93. The second-order valence-electron chi connectivity index (χ2n) is 4.63. The second-order valence-corrected chi connectivity index (χ2v) is 4.63. The van der Waals surface area contributed by atoms with E-state index in [0.29, 0.717) is 16.8 Å². The third-order valence-corrected chi connectivity index (χ3v) is 2.85. The number of hydrogen-bond acceptors (Lipinski definition) is 2. The maximum absolute atomic E-state index is 13.2. The van der Waals surface area contributed by atoms with Gasteiger partial charge in [-0.15, -0.1) is 0 Å². The molecule has 0 spiro atoms. The van der Waals surface area contributed by atoms with E-state index in [0.717, 1.165) is 0 Å². The van der Waals surface area contributed by atoms with Crippen LogP contribution in [0, 0.1) is 5.82 Å². The first-order valence-electron chi connectivity index (χ1n) is 5.98. The lowest BCUT2D eigenvalue weighted by Crippen LogP contribution is -2.06. The summed E-state index contributed by atoms with van der Waals surface area (Å²) >= 11 is 0. The van der Waals surface area contributed by atoms with E-state index in [9.17, 15) is 14.3 Å². The van der Waals surface area contributed by atoms with Crippen LogP contribution in [0.3, 0.4) is 0 Å². The minimum Gasteiger partial charge on any atom is -0.478 e. The monoisotopic (exact) mass is 259 g/mol. The molecule has 2 rings (SSSR count). The van der Waals surface area contributed by atoms with Crippen LogP contribution in [0.25, 0.3) is 11.1 Å². The van der Waals surface area contributed by atoms with Crippen molar-refractivity contribution in [3.8, 4) is 11.1 Å². The lowest BCUT2D eigenvalue weighted by atomic mass is 9.99. The van der Waals surface area contributed by atoms with E-state index in [4.69, 9.17) is 0 Å². The molecule has 0 atom stereocenters. The number of aromatic carboxylic acids is 1. The predicted molar refractivity (Wildman–Crippen MR) is 70.7 cm³/mol.